The Kier molecular flexibility index (Phi) is 7.08. The van der Waals surface area contributed by atoms with Crippen LogP contribution in [0.5, 0.6) is 0 Å². The molecule has 1 aromatic carbocycles. The first-order valence-electron chi connectivity index (χ1n) is 12.5. The van der Waals surface area contributed by atoms with Crippen LogP contribution in [0.4, 0.5) is 29.2 Å². The molecule has 38 heavy (non-hydrogen) atoms. The zero-order valence-electron chi connectivity index (χ0n) is 21.2. The number of fused-ring (bicyclic) bond motifs is 1. The lowest BCUT2D eigenvalue weighted by atomic mass is 9.95. The van der Waals surface area contributed by atoms with E-state index in [1.54, 1.807) is 6.20 Å². The Balaban J connectivity index is 1.39. The van der Waals surface area contributed by atoms with Crippen molar-refractivity contribution in [2.45, 2.75) is 43.9 Å². The van der Waals surface area contributed by atoms with Crippen molar-refractivity contribution in [3.8, 4) is 11.3 Å². The number of halogens is 4. The monoisotopic (exact) mass is 531 g/mol. The predicted molar refractivity (Wildman–Crippen MR) is 135 cm³/mol. The summed E-state index contributed by atoms with van der Waals surface area (Å²) in [6.07, 6.45) is 1.45. The maximum atomic E-state index is 13.9. The quantitative estimate of drug-likeness (QED) is 0.365. The SMILES string of the molecule is CN(C)CCn1cc(-c2ccc(F)c(C(F)(F)F)c2)nc1C1CCN(c2ncnc3c2CC(C=O)N3)CC1. The standard InChI is InChI=1S/C26H29F4N7O/c1-35(2)9-10-37-13-22(17-3-4-21(27)20(11-17)26(28,29)30)34-24(37)16-5-7-36(8-6-16)25-19-12-18(14-38)33-23(19)31-15-32-25/h3-4,11,13-16,18H,5-10,12H2,1-2H3,(H,31,32,33). The Labute approximate surface area is 217 Å². The number of hydrogen-bond acceptors (Lipinski definition) is 7. The van der Waals surface area contributed by atoms with Gasteiger partial charge < -0.3 is 24.5 Å². The van der Waals surface area contributed by atoms with Crippen LogP contribution in [0.3, 0.4) is 0 Å². The molecule has 5 rings (SSSR count). The highest BCUT2D eigenvalue weighted by molar-refractivity contribution is 5.73. The number of aldehydes is 1. The van der Waals surface area contributed by atoms with Crippen LogP contribution < -0.4 is 10.2 Å². The molecule has 0 bridgehead atoms. The Hall–Kier alpha value is -3.54. The van der Waals surface area contributed by atoms with E-state index in [4.69, 9.17) is 4.98 Å². The number of likely N-dealkylation sites (N-methyl/N-ethyl adjacent to an activating group) is 1. The smallest absolute Gasteiger partial charge is 0.360 e. The van der Waals surface area contributed by atoms with E-state index in [1.165, 1.54) is 12.4 Å². The van der Waals surface area contributed by atoms with E-state index in [1.807, 2.05) is 23.6 Å². The largest absolute Gasteiger partial charge is 0.419 e. The number of benzene rings is 1. The number of carbonyl (C=O) groups excluding carboxylic acids is 1. The summed E-state index contributed by atoms with van der Waals surface area (Å²) >= 11 is 0. The van der Waals surface area contributed by atoms with Gasteiger partial charge in [0.1, 0.15) is 35.9 Å². The molecular weight excluding hydrogens is 502 g/mol. The number of nitrogens with zero attached hydrogens (tertiary/aromatic N) is 6. The normalized spacial score (nSPS) is 18.1. The maximum Gasteiger partial charge on any atom is 0.419 e. The molecule has 1 N–H and O–H groups in total. The van der Waals surface area contributed by atoms with Crippen LogP contribution in [0, 0.1) is 5.82 Å². The van der Waals surface area contributed by atoms with Crippen LogP contribution in [0.1, 0.15) is 35.7 Å². The van der Waals surface area contributed by atoms with Crippen molar-refractivity contribution < 1.29 is 22.4 Å². The summed E-state index contributed by atoms with van der Waals surface area (Å²) in [4.78, 5) is 29.0. The number of piperidine rings is 1. The fourth-order valence-corrected chi connectivity index (χ4v) is 5.15. The van der Waals surface area contributed by atoms with Crippen molar-refractivity contribution in [3.05, 3.63) is 53.5 Å². The predicted octanol–water partition coefficient (Wildman–Crippen LogP) is 3.98. The van der Waals surface area contributed by atoms with Gasteiger partial charge in [0.2, 0.25) is 0 Å². The second-order valence-corrected chi connectivity index (χ2v) is 10.1. The van der Waals surface area contributed by atoms with Crippen molar-refractivity contribution in [1.29, 1.82) is 0 Å². The summed E-state index contributed by atoms with van der Waals surface area (Å²) in [5, 5.41) is 3.11. The summed E-state index contributed by atoms with van der Waals surface area (Å²) in [5.41, 5.74) is 0.270. The minimum atomic E-state index is -4.79. The van der Waals surface area contributed by atoms with Crippen LogP contribution in [0.2, 0.25) is 0 Å². The molecule has 1 atom stereocenters. The third kappa shape index (κ3) is 5.22. The lowest BCUT2D eigenvalue weighted by Crippen LogP contribution is -2.35. The number of carbonyl (C=O) groups is 1. The van der Waals surface area contributed by atoms with E-state index in [9.17, 15) is 22.4 Å². The first-order chi connectivity index (χ1) is 18.1. The van der Waals surface area contributed by atoms with Crippen LogP contribution >= 0.6 is 0 Å². The van der Waals surface area contributed by atoms with Crippen molar-refractivity contribution in [2.24, 2.45) is 0 Å². The zero-order chi connectivity index (χ0) is 27.0. The highest BCUT2D eigenvalue weighted by atomic mass is 19.4. The highest BCUT2D eigenvalue weighted by Crippen LogP contribution is 2.37. The minimum absolute atomic E-state index is 0.0976. The molecule has 0 saturated carbocycles. The average molecular weight is 532 g/mol. The number of alkyl halides is 3. The van der Waals surface area contributed by atoms with E-state index in [0.717, 1.165) is 55.0 Å². The molecule has 2 aliphatic rings. The molecule has 1 unspecified atom stereocenters. The van der Waals surface area contributed by atoms with Crippen LogP contribution in [0.15, 0.2) is 30.7 Å². The molecule has 0 amide bonds. The first kappa shape index (κ1) is 26.1. The fraction of sp³-hybridized carbons (Fsp3) is 0.462. The summed E-state index contributed by atoms with van der Waals surface area (Å²) in [7, 11) is 3.91. The molecule has 0 radical (unpaired) electrons. The van der Waals surface area contributed by atoms with E-state index < -0.39 is 17.6 Å². The first-order valence-corrected chi connectivity index (χ1v) is 12.5. The van der Waals surface area contributed by atoms with Crippen molar-refractivity contribution in [1.82, 2.24) is 24.4 Å². The van der Waals surface area contributed by atoms with E-state index in [0.29, 0.717) is 37.6 Å². The molecular formula is C26H29F4N7O. The van der Waals surface area contributed by atoms with E-state index in [2.05, 4.69) is 20.2 Å². The number of aromatic nitrogens is 4. The van der Waals surface area contributed by atoms with Gasteiger partial charge in [-0.2, -0.15) is 13.2 Å². The number of anilines is 2. The van der Waals surface area contributed by atoms with Crippen molar-refractivity contribution in [2.75, 3.05) is 43.9 Å². The molecule has 2 aliphatic heterocycles. The molecule has 1 fully saturated rings. The number of hydrogen-bond donors (Lipinski definition) is 1. The molecule has 202 valence electrons. The van der Waals surface area contributed by atoms with Gasteiger partial charge in [-0.3, -0.25) is 0 Å². The van der Waals surface area contributed by atoms with Gasteiger partial charge in [0.15, 0.2) is 0 Å². The molecule has 0 aliphatic carbocycles. The van der Waals surface area contributed by atoms with Gasteiger partial charge in [-0.25, -0.2) is 19.3 Å². The average Bonchev–Trinajstić information content (AvgIpc) is 3.51. The lowest BCUT2D eigenvalue weighted by molar-refractivity contribution is -0.139. The van der Waals surface area contributed by atoms with Gasteiger partial charge >= 0.3 is 6.18 Å². The van der Waals surface area contributed by atoms with Gasteiger partial charge in [0, 0.05) is 55.8 Å². The molecule has 1 saturated heterocycles. The third-order valence-corrected chi connectivity index (χ3v) is 7.16. The van der Waals surface area contributed by atoms with Gasteiger partial charge in [0.05, 0.1) is 17.3 Å². The molecule has 12 heteroatoms. The second kappa shape index (κ2) is 10.3. The molecule has 0 spiro atoms. The Morgan fingerprint density at radius 1 is 1.18 bits per heavy atom. The van der Waals surface area contributed by atoms with E-state index >= 15 is 0 Å². The highest BCUT2D eigenvalue weighted by Gasteiger charge is 2.35. The molecule has 2 aromatic heterocycles. The second-order valence-electron chi connectivity index (χ2n) is 10.1. The van der Waals surface area contributed by atoms with Gasteiger partial charge in [-0.15, -0.1) is 0 Å². The number of rotatable bonds is 7. The number of nitrogens with one attached hydrogen (secondary N) is 1. The summed E-state index contributed by atoms with van der Waals surface area (Å²) in [5.74, 6) is 1.13. The maximum absolute atomic E-state index is 13.9. The Morgan fingerprint density at radius 2 is 1.95 bits per heavy atom. The third-order valence-electron chi connectivity index (χ3n) is 7.16. The van der Waals surface area contributed by atoms with Gasteiger partial charge in [-0.05, 0) is 45.1 Å². The molecule has 4 heterocycles. The van der Waals surface area contributed by atoms with Gasteiger partial charge in [-0.1, -0.05) is 0 Å². The minimum Gasteiger partial charge on any atom is -0.360 e. The summed E-state index contributed by atoms with van der Waals surface area (Å²) in [6, 6.07) is 2.71. The Morgan fingerprint density at radius 3 is 2.63 bits per heavy atom. The topological polar surface area (TPSA) is 79.2 Å². The van der Waals surface area contributed by atoms with Crippen molar-refractivity contribution in [3.63, 3.8) is 0 Å². The van der Waals surface area contributed by atoms with Gasteiger partial charge in [0.25, 0.3) is 0 Å². The van der Waals surface area contributed by atoms with Crippen LogP contribution in [-0.2, 0) is 23.9 Å². The zero-order valence-corrected chi connectivity index (χ0v) is 21.2. The lowest BCUT2D eigenvalue weighted by Gasteiger charge is -2.33. The Bertz CT molecular complexity index is 1320. The fourth-order valence-electron chi connectivity index (χ4n) is 5.15. The van der Waals surface area contributed by atoms with Crippen molar-refractivity contribution >= 4 is 17.9 Å². The summed E-state index contributed by atoms with van der Waals surface area (Å²) in [6.45, 7) is 2.78. The molecule has 3 aromatic rings. The van der Waals surface area contributed by atoms with Crippen LogP contribution in [0.25, 0.3) is 11.3 Å². The molecule has 8 nitrogen and oxygen atoms in total. The summed E-state index contributed by atoms with van der Waals surface area (Å²) < 4.78 is 55.9. The van der Waals surface area contributed by atoms with Crippen LogP contribution in [-0.4, -0.2) is 70.5 Å². The number of imidazole rings is 1. The van der Waals surface area contributed by atoms with E-state index in [-0.39, 0.29) is 17.5 Å².